The molecule has 0 fully saturated rings. The second-order valence-electron chi connectivity index (χ2n) is 8.15. The average Bonchev–Trinajstić information content (AvgIpc) is 2.52. The molecule has 0 saturated carbocycles. The molecule has 4 heteroatoms. The molecule has 0 aromatic carbocycles. The fraction of sp³-hybridized carbons (Fsp3) is 1.00. The van der Waals surface area contributed by atoms with E-state index >= 15 is 0 Å². The molecule has 0 spiro atoms. The van der Waals surface area contributed by atoms with Crippen LogP contribution in [0, 0.1) is 11.8 Å². The summed E-state index contributed by atoms with van der Waals surface area (Å²) in [5, 5.41) is 14.2. The Morgan fingerprint density at radius 2 is 0.792 bits per heavy atom. The van der Waals surface area contributed by atoms with Gasteiger partial charge in [-0.2, -0.15) is 0 Å². The van der Waals surface area contributed by atoms with E-state index in [-0.39, 0.29) is 0 Å². The Bertz CT molecular complexity index is 230. The maximum absolute atomic E-state index is 3.59. The molecule has 0 aromatic heterocycles. The van der Waals surface area contributed by atoms with Crippen LogP contribution >= 0.6 is 0 Å². The molecule has 0 aliphatic rings. The zero-order valence-corrected chi connectivity index (χ0v) is 17.4. The molecule has 2 unspecified atom stereocenters. The highest BCUT2D eigenvalue weighted by Gasteiger charge is 2.03. The molecule has 4 nitrogen and oxygen atoms in total. The first-order valence-corrected chi connectivity index (χ1v) is 10.3. The number of rotatable bonds is 17. The van der Waals surface area contributed by atoms with E-state index in [4.69, 9.17) is 0 Å². The van der Waals surface area contributed by atoms with Crippen LogP contribution < -0.4 is 21.3 Å². The van der Waals surface area contributed by atoms with Crippen LogP contribution in [0.15, 0.2) is 0 Å². The molecule has 0 aliphatic heterocycles. The number of hydrogen-bond acceptors (Lipinski definition) is 4. The van der Waals surface area contributed by atoms with Gasteiger partial charge in [-0.25, -0.2) is 0 Å². The lowest BCUT2D eigenvalue weighted by atomic mass is 10.0. The highest BCUT2D eigenvalue weighted by atomic mass is 15.0. The van der Waals surface area contributed by atoms with Gasteiger partial charge in [0.25, 0.3) is 0 Å². The summed E-state index contributed by atoms with van der Waals surface area (Å²) < 4.78 is 0. The molecule has 24 heavy (non-hydrogen) atoms. The van der Waals surface area contributed by atoms with E-state index in [1.165, 1.54) is 25.7 Å². The molecule has 0 amide bonds. The van der Waals surface area contributed by atoms with Crippen LogP contribution in [0.3, 0.4) is 0 Å². The third-order valence-corrected chi connectivity index (χ3v) is 4.42. The normalized spacial score (nSPS) is 14.5. The Morgan fingerprint density at radius 3 is 1.12 bits per heavy atom. The molecule has 0 heterocycles. The lowest BCUT2D eigenvalue weighted by Gasteiger charge is -2.16. The van der Waals surface area contributed by atoms with Crippen molar-refractivity contribution in [1.82, 2.24) is 21.3 Å². The van der Waals surface area contributed by atoms with E-state index < -0.39 is 0 Å². The van der Waals surface area contributed by atoms with Gasteiger partial charge in [0.15, 0.2) is 0 Å². The predicted molar refractivity (Wildman–Crippen MR) is 109 cm³/mol. The van der Waals surface area contributed by atoms with E-state index in [1.54, 1.807) is 0 Å². The molecule has 146 valence electrons. The summed E-state index contributed by atoms with van der Waals surface area (Å²) in [6.45, 7) is 20.1. The third-order valence-electron chi connectivity index (χ3n) is 4.42. The minimum atomic E-state index is 0.635. The Labute approximate surface area is 152 Å². The fourth-order valence-electron chi connectivity index (χ4n) is 2.61. The van der Waals surface area contributed by atoms with Gasteiger partial charge in [-0.3, -0.25) is 0 Å². The second-order valence-corrected chi connectivity index (χ2v) is 8.15. The van der Waals surface area contributed by atoms with Crippen molar-refractivity contribution in [2.45, 2.75) is 79.3 Å². The van der Waals surface area contributed by atoms with Gasteiger partial charge in [-0.05, 0) is 51.4 Å². The molecular formula is C20H46N4. The SMILES string of the molecule is CC(C)CCC(C)NCCNCCNCCNC(C)CCC(C)C. The first-order chi connectivity index (χ1) is 11.4. The molecule has 2 atom stereocenters. The van der Waals surface area contributed by atoms with E-state index in [0.29, 0.717) is 12.1 Å². The molecule has 0 aromatic rings. The minimum absolute atomic E-state index is 0.635. The van der Waals surface area contributed by atoms with Crippen molar-refractivity contribution in [3.8, 4) is 0 Å². The Balaban J connectivity index is 3.22. The standard InChI is InChI=1S/C20H46N4/c1-17(2)7-9-19(5)23-15-13-21-11-12-22-14-16-24-20(6)10-8-18(3)4/h17-24H,7-16H2,1-6H3. The topological polar surface area (TPSA) is 48.1 Å². The monoisotopic (exact) mass is 342 g/mol. The van der Waals surface area contributed by atoms with Gasteiger partial charge in [0, 0.05) is 51.4 Å². The summed E-state index contributed by atoms with van der Waals surface area (Å²) in [6.07, 6.45) is 5.19. The van der Waals surface area contributed by atoms with Gasteiger partial charge in [0.1, 0.15) is 0 Å². The summed E-state index contributed by atoms with van der Waals surface area (Å²) >= 11 is 0. The predicted octanol–water partition coefficient (Wildman–Crippen LogP) is 2.99. The molecule has 0 aliphatic carbocycles. The van der Waals surface area contributed by atoms with Gasteiger partial charge in [-0.1, -0.05) is 27.7 Å². The van der Waals surface area contributed by atoms with E-state index in [9.17, 15) is 0 Å². The van der Waals surface area contributed by atoms with Crippen LogP contribution in [0.4, 0.5) is 0 Å². The summed E-state index contributed by atoms with van der Waals surface area (Å²) in [4.78, 5) is 0. The lowest BCUT2D eigenvalue weighted by molar-refractivity contribution is 0.442. The zero-order valence-electron chi connectivity index (χ0n) is 17.4. The zero-order chi connectivity index (χ0) is 18.2. The van der Waals surface area contributed by atoms with Crippen molar-refractivity contribution in [2.24, 2.45) is 11.8 Å². The molecule has 0 radical (unpaired) electrons. The minimum Gasteiger partial charge on any atom is -0.314 e. The summed E-state index contributed by atoms with van der Waals surface area (Å²) in [6, 6.07) is 1.27. The number of hydrogen-bond donors (Lipinski definition) is 4. The Morgan fingerprint density at radius 1 is 0.458 bits per heavy atom. The highest BCUT2D eigenvalue weighted by molar-refractivity contribution is 4.65. The largest absolute Gasteiger partial charge is 0.314 e. The van der Waals surface area contributed by atoms with Gasteiger partial charge in [0.2, 0.25) is 0 Å². The fourth-order valence-corrected chi connectivity index (χ4v) is 2.61. The van der Waals surface area contributed by atoms with Crippen molar-refractivity contribution < 1.29 is 0 Å². The quantitative estimate of drug-likeness (QED) is 0.307. The van der Waals surface area contributed by atoms with Crippen LogP contribution in [0.1, 0.15) is 67.2 Å². The van der Waals surface area contributed by atoms with E-state index in [1.807, 2.05) is 0 Å². The van der Waals surface area contributed by atoms with Gasteiger partial charge < -0.3 is 21.3 Å². The first kappa shape index (κ1) is 23.8. The molecule has 4 N–H and O–H groups in total. The van der Waals surface area contributed by atoms with Crippen LogP contribution in [0.2, 0.25) is 0 Å². The third kappa shape index (κ3) is 18.2. The van der Waals surface area contributed by atoms with Crippen molar-refractivity contribution >= 4 is 0 Å². The summed E-state index contributed by atoms with van der Waals surface area (Å²) in [5.41, 5.74) is 0. The van der Waals surface area contributed by atoms with Crippen LogP contribution in [0.5, 0.6) is 0 Å². The van der Waals surface area contributed by atoms with Crippen molar-refractivity contribution in [3.05, 3.63) is 0 Å². The molecule has 0 saturated heterocycles. The molecular weight excluding hydrogens is 296 g/mol. The molecule has 0 rings (SSSR count). The lowest BCUT2D eigenvalue weighted by Crippen LogP contribution is -2.38. The van der Waals surface area contributed by atoms with Crippen LogP contribution in [-0.4, -0.2) is 51.4 Å². The van der Waals surface area contributed by atoms with Crippen LogP contribution in [0.25, 0.3) is 0 Å². The maximum atomic E-state index is 3.59. The van der Waals surface area contributed by atoms with Crippen molar-refractivity contribution in [3.63, 3.8) is 0 Å². The Hall–Kier alpha value is -0.160. The molecule has 0 bridgehead atoms. The smallest absolute Gasteiger partial charge is 0.00792 e. The Kier molecular flexibility index (Phi) is 16.2. The van der Waals surface area contributed by atoms with Crippen LogP contribution in [-0.2, 0) is 0 Å². The van der Waals surface area contributed by atoms with Crippen molar-refractivity contribution in [1.29, 1.82) is 0 Å². The first-order valence-electron chi connectivity index (χ1n) is 10.3. The average molecular weight is 343 g/mol. The van der Waals surface area contributed by atoms with Crippen molar-refractivity contribution in [2.75, 3.05) is 39.3 Å². The number of nitrogens with one attached hydrogen (secondary N) is 4. The van der Waals surface area contributed by atoms with Gasteiger partial charge >= 0.3 is 0 Å². The maximum Gasteiger partial charge on any atom is 0.00792 e. The van der Waals surface area contributed by atoms with Gasteiger partial charge in [-0.15, -0.1) is 0 Å². The highest BCUT2D eigenvalue weighted by Crippen LogP contribution is 2.06. The van der Waals surface area contributed by atoms with E-state index in [0.717, 1.165) is 51.1 Å². The second kappa shape index (κ2) is 16.3. The summed E-state index contributed by atoms with van der Waals surface area (Å²) in [7, 11) is 0. The summed E-state index contributed by atoms with van der Waals surface area (Å²) in [5.74, 6) is 1.62. The van der Waals surface area contributed by atoms with Gasteiger partial charge in [0.05, 0.1) is 0 Å². The van der Waals surface area contributed by atoms with E-state index in [2.05, 4.69) is 62.8 Å².